The zero-order valence-corrected chi connectivity index (χ0v) is 15.1. The Morgan fingerprint density at radius 2 is 2.18 bits per heavy atom. The first-order chi connectivity index (χ1) is 13.8. The summed E-state index contributed by atoms with van der Waals surface area (Å²) in [5.74, 6) is 1.47. The number of nitrogens with one attached hydrogen (secondary N) is 3. The van der Waals surface area contributed by atoms with Crippen LogP contribution in [0, 0.1) is 0 Å². The van der Waals surface area contributed by atoms with Gasteiger partial charge in [0.05, 0.1) is 23.6 Å². The number of pyridine rings is 2. The largest absolute Gasteiger partial charge is 0.363 e. The van der Waals surface area contributed by atoms with Crippen molar-refractivity contribution in [3.05, 3.63) is 55.1 Å². The molecule has 4 aromatic heterocycles. The smallest absolute Gasteiger partial charge is 0.137 e. The first-order valence-corrected chi connectivity index (χ1v) is 9.33. The van der Waals surface area contributed by atoms with Gasteiger partial charge in [0, 0.05) is 30.7 Å². The van der Waals surface area contributed by atoms with Crippen LogP contribution in [0.15, 0.2) is 55.1 Å². The topological polar surface area (TPSA) is 82.9 Å². The van der Waals surface area contributed by atoms with Gasteiger partial charge >= 0.3 is 0 Å². The predicted octanol–water partition coefficient (Wildman–Crippen LogP) is 2.90. The van der Waals surface area contributed by atoms with Crippen LogP contribution in [0.5, 0.6) is 0 Å². The molecule has 1 fully saturated rings. The quantitative estimate of drug-likeness (QED) is 0.509. The van der Waals surface area contributed by atoms with Crippen LogP contribution in [-0.4, -0.2) is 49.6 Å². The molecule has 3 N–H and O–H groups in total. The highest BCUT2D eigenvalue weighted by Gasteiger charge is 2.24. The zero-order valence-electron chi connectivity index (χ0n) is 15.1. The molecule has 0 radical (unpaired) electrons. The number of fused-ring (bicyclic) bond motifs is 1. The van der Waals surface area contributed by atoms with Crippen LogP contribution in [0.1, 0.15) is 6.42 Å². The Hall–Kier alpha value is -3.26. The van der Waals surface area contributed by atoms with Gasteiger partial charge in [-0.25, -0.2) is 19.3 Å². The lowest BCUT2D eigenvalue weighted by Crippen LogP contribution is -2.46. The van der Waals surface area contributed by atoms with Crippen molar-refractivity contribution >= 4 is 11.5 Å². The fraction of sp³-hybridized carbons (Fsp3) is 0.250. The Morgan fingerprint density at radius 3 is 3.04 bits per heavy atom. The Bertz CT molecular complexity index is 1090. The molecular weight excluding hydrogens is 357 g/mol. The van der Waals surface area contributed by atoms with Crippen LogP contribution in [-0.2, 0) is 0 Å². The number of hydrogen-bond donors (Lipinski definition) is 3. The number of anilines is 1. The number of nitrogens with zero attached hydrogens (tertiary/aromatic N) is 4. The van der Waals surface area contributed by atoms with Gasteiger partial charge in [0.2, 0.25) is 0 Å². The van der Waals surface area contributed by atoms with Crippen LogP contribution < -0.4 is 10.6 Å². The molecule has 0 amide bonds. The number of aromatic nitrogens is 5. The molecule has 5 heterocycles. The van der Waals surface area contributed by atoms with Crippen molar-refractivity contribution in [1.29, 1.82) is 0 Å². The summed E-state index contributed by atoms with van der Waals surface area (Å²) in [6, 6.07) is 9.41. The van der Waals surface area contributed by atoms with Gasteiger partial charge in [-0.2, -0.15) is 0 Å². The lowest BCUT2D eigenvalue weighted by molar-refractivity contribution is 0.241. The Balaban J connectivity index is 1.45. The maximum atomic E-state index is 14.1. The molecule has 0 bridgehead atoms. The highest BCUT2D eigenvalue weighted by Crippen LogP contribution is 2.24. The van der Waals surface area contributed by atoms with E-state index < -0.39 is 6.17 Å². The molecule has 1 saturated heterocycles. The molecular formula is C20H20FN7. The van der Waals surface area contributed by atoms with Gasteiger partial charge in [0.25, 0.3) is 0 Å². The molecule has 1 aliphatic heterocycles. The zero-order chi connectivity index (χ0) is 18.9. The summed E-state index contributed by atoms with van der Waals surface area (Å²) < 4.78 is 16.1. The molecule has 8 heteroatoms. The number of rotatable bonds is 4. The third-order valence-corrected chi connectivity index (χ3v) is 5.03. The first-order valence-electron chi connectivity index (χ1n) is 9.33. The second-order valence-corrected chi connectivity index (χ2v) is 6.89. The summed E-state index contributed by atoms with van der Waals surface area (Å²) in [4.78, 5) is 16.6. The average Bonchev–Trinajstić information content (AvgIpc) is 3.39. The van der Waals surface area contributed by atoms with E-state index in [2.05, 4.69) is 30.6 Å². The molecule has 7 nitrogen and oxygen atoms in total. The van der Waals surface area contributed by atoms with Crippen LogP contribution in [0.2, 0.25) is 0 Å². The third-order valence-electron chi connectivity index (χ3n) is 5.03. The first kappa shape index (κ1) is 16.9. The molecule has 2 atom stereocenters. The van der Waals surface area contributed by atoms with E-state index in [1.54, 1.807) is 18.6 Å². The Morgan fingerprint density at radius 1 is 1.21 bits per heavy atom. The van der Waals surface area contributed by atoms with Gasteiger partial charge in [0.1, 0.15) is 23.5 Å². The summed E-state index contributed by atoms with van der Waals surface area (Å²) >= 11 is 0. The van der Waals surface area contributed by atoms with Crippen molar-refractivity contribution in [1.82, 2.24) is 29.7 Å². The maximum absolute atomic E-state index is 14.1. The van der Waals surface area contributed by atoms with E-state index in [1.165, 1.54) is 0 Å². The van der Waals surface area contributed by atoms with Gasteiger partial charge in [0.15, 0.2) is 0 Å². The van der Waals surface area contributed by atoms with E-state index in [0.717, 1.165) is 28.4 Å². The maximum Gasteiger partial charge on any atom is 0.137 e. The lowest BCUT2D eigenvalue weighted by atomic mass is 10.1. The predicted molar refractivity (Wildman–Crippen MR) is 106 cm³/mol. The number of imidazole rings is 2. The molecule has 142 valence electrons. The molecule has 0 aliphatic carbocycles. The van der Waals surface area contributed by atoms with Crippen molar-refractivity contribution in [2.75, 3.05) is 18.4 Å². The number of hydrogen-bond acceptors (Lipinski definition) is 5. The van der Waals surface area contributed by atoms with E-state index in [4.69, 9.17) is 0 Å². The van der Waals surface area contributed by atoms with Gasteiger partial charge in [-0.1, -0.05) is 6.07 Å². The van der Waals surface area contributed by atoms with E-state index in [0.29, 0.717) is 25.3 Å². The molecule has 5 rings (SSSR count). The highest BCUT2D eigenvalue weighted by molar-refractivity contribution is 5.67. The van der Waals surface area contributed by atoms with Crippen LogP contribution >= 0.6 is 0 Å². The van der Waals surface area contributed by atoms with E-state index in [9.17, 15) is 4.39 Å². The van der Waals surface area contributed by atoms with E-state index >= 15 is 0 Å². The molecule has 0 unspecified atom stereocenters. The monoisotopic (exact) mass is 377 g/mol. The number of alkyl halides is 1. The third kappa shape index (κ3) is 3.11. The fourth-order valence-electron chi connectivity index (χ4n) is 3.56. The Labute approximate surface area is 161 Å². The minimum absolute atomic E-state index is 0.269. The minimum Gasteiger partial charge on any atom is -0.363 e. The number of halogens is 1. The van der Waals surface area contributed by atoms with Crippen molar-refractivity contribution in [2.45, 2.75) is 18.6 Å². The summed E-state index contributed by atoms with van der Waals surface area (Å²) in [7, 11) is 0. The molecule has 0 spiro atoms. The molecule has 28 heavy (non-hydrogen) atoms. The normalized spacial score (nSPS) is 19.8. The summed E-state index contributed by atoms with van der Waals surface area (Å²) in [5, 5.41) is 6.43. The lowest BCUT2D eigenvalue weighted by Gasteiger charge is -2.28. The van der Waals surface area contributed by atoms with Gasteiger partial charge in [-0.3, -0.25) is 4.40 Å². The summed E-state index contributed by atoms with van der Waals surface area (Å²) in [6.45, 7) is 1.31. The van der Waals surface area contributed by atoms with Gasteiger partial charge in [-0.05, 0) is 37.2 Å². The van der Waals surface area contributed by atoms with Crippen molar-refractivity contribution in [3.8, 4) is 22.8 Å². The molecule has 4 aromatic rings. The molecule has 0 aromatic carbocycles. The van der Waals surface area contributed by atoms with E-state index in [-0.39, 0.29) is 6.04 Å². The Kier molecular flexibility index (Phi) is 4.25. The average molecular weight is 377 g/mol. The number of aromatic amines is 1. The van der Waals surface area contributed by atoms with Crippen molar-refractivity contribution in [2.24, 2.45) is 0 Å². The minimum atomic E-state index is -0.873. The van der Waals surface area contributed by atoms with E-state index in [1.807, 2.05) is 40.9 Å². The van der Waals surface area contributed by atoms with Crippen molar-refractivity contribution in [3.63, 3.8) is 0 Å². The van der Waals surface area contributed by atoms with Gasteiger partial charge < -0.3 is 15.6 Å². The van der Waals surface area contributed by atoms with Crippen LogP contribution in [0.3, 0.4) is 0 Å². The standard InChI is InChI=1S/C20H20FN7/c21-14-4-6-22-11-16(14)27-18-3-1-2-15(26-18)17-12-25-19-10-13(5-9-28(17)19)20-23-7-8-24-20/h1-3,5,7-10,12,14,16,22H,4,6,11H2,(H,23,24)(H,26,27)/t14-,16-/m0/s1. The summed E-state index contributed by atoms with van der Waals surface area (Å²) in [5.41, 5.74) is 3.44. The second-order valence-electron chi connectivity index (χ2n) is 6.89. The van der Waals surface area contributed by atoms with Gasteiger partial charge in [-0.15, -0.1) is 0 Å². The van der Waals surface area contributed by atoms with Crippen LogP contribution in [0.25, 0.3) is 28.4 Å². The highest BCUT2D eigenvalue weighted by atomic mass is 19.1. The number of H-pyrrole nitrogens is 1. The van der Waals surface area contributed by atoms with Crippen molar-refractivity contribution < 1.29 is 4.39 Å². The number of piperidine rings is 1. The molecule has 0 saturated carbocycles. The summed E-state index contributed by atoms with van der Waals surface area (Å²) in [6.07, 6.45) is 6.92. The SMILES string of the molecule is F[C@H]1CCNC[C@@H]1Nc1cccc(-c2cnc3cc(-c4ncc[nH]4)ccn23)n1. The second kappa shape index (κ2) is 7.05. The fourth-order valence-corrected chi connectivity index (χ4v) is 3.56. The van der Waals surface area contributed by atoms with Crippen LogP contribution in [0.4, 0.5) is 10.2 Å². The molecule has 1 aliphatic rings.